The van der Waals surface area contributed by atoms with Crippen LogP contribution in [-0.2, 0) is 11.3 Å². The molecule has 1 aromatic rings. The van der Waals surface area contributed by atoms with Crippen LogP contribution in [0.1, 0.15) is 31.4 Å². The van der Waals surface area contributed by atoms with E-state index in [0.29, 0.717) is 0 Å². The lowest BCUT2D eigenvalue weighted by atomic mass is 9.94. The molecule has 0 aromatic carbocycles. The molecule has 5 heteroatoms. The number of hydrogen-bond acceptors (Lipinski definition) is 4. The molecule has 120 valence electrons. The Labute approximate surface area is 128 Å². The first-order chi connectivity index (χ1) is 10.2. The number of anilines is 1. The number of methoxy groups -OCH3 is 1. The molecular weight excluding hydrogens is 264 g/mol. The van der Waals surface area contributed by atoms with Gasteiger partial charge < -0.3 is 19.5 Å². The summed E-state index contributed by atoms with van der Waals surface area (Å²) in [6, 6.07) is 0. The Kier molecular flexibility index (Phi) is 6.51. The minimum absolute atomic E-state index is 0.794. The summed E-state index contributed by atoms with van der Waals surface area (Å²) in [5.41, 5.74) is 1.09. The molecule has 0 bridgehead atoms. The Hall–Kier alpha value is -1.07. The monoisotopic (exact) mass is 294 g/mol. The summed E-state index contributed by atoms with van der Waals surface area (Å²) in [5.74, 6) is 1.88. The smallest absolute Gasteiger partial charge is 0.203 e. The largest absolute Gasteiger partial charge is 0.385 e. The molecule has 1 aromatic heterocycles. The van der Waals surface area contributed by atoms with E-state index in [1.54, 1.807) is 7.11 Å². The number of nitrogens with one attached hydrogen (secondary N) is 1. The van der Waals surface area contributed by atoms with E-state index >= 15 is 0 Å². The molecule has 0 spiro atoms. The van der Waals surface area contributed by atoms with E-state index in [1.165, 1.54) is 32.4 Å². The van der Waals surface area contributed by atoms with Gasteiger partial charge in [0.15, 0.2) is 0 Å². The van der Waals surface area contributed by atoms with Crippen molar-refractivity contribution in [3.63, 3.8) is 0 Å². The van der Waals surface area contributed by atoms with Crippen molar-refractivity contribution in [2.45, 2.75) is 39.2 Å². The van der Waals surface area contributed by atoms with Crippen molar-refractivity contribution in [2.24, 2.45) is 5.92 Å². The summed E-state index contributed by atoms with van der Waals surface area (Å²) in [4.78, 5) is 7.02. The first-order valence-electron chi connectivity index (χ1n) is 8.14. The van der Waals surface area contributed by atoms with E-state index in [9.17, 15) is 0 Å². The normalized spacial score (nSPS) is 17.3. The zero-order valence-corrected chi connectivity index (χ0v) is 13.8. The second-order valence-electron chi connectivity index (χ2n) is 6.21. The topological polar surface area (TPSA) is 42.3 Å². The lowest BCUT2D eigenvalue weighted by Crippen LogP contribution is -2.30. The van der Waals surface area contributed by atoms with Gasteiger partial charge in [-0.15, -0.1) is 0 Å². The highest BCUT2D eigenvalue weighted by Gasteiger charge is 2.17. The van der Waals surface area contributed by atoms with Gasteiger partial charge in [0, 0.05) is 33.0 Å². The Morgan fingerprint density at radius 2 is 2.14 bits per heavy atom. The van der Waals surface area contributed by atoms with Gasteiger partial charge in [0.25, 0.3) is 0 Å². The summed E-state index contributed by atoms with van der Waals surface area (Å²) in [6.07, 6.45) is 7.10. The summed E-state index contributed by atoms with van der Waals surface area (Å²) >= 11 is 0. The Bertz CT molecular complexity index is 410. The third-order valence-electron chi connectivity index (χ3n) is 4.32. The average Bonchev–Trinajstić information content (AvgIpc) is 2.83. The van der Waals surface area contributed by atoms with Crippen LogP contribution in [0, 0.1) is 12.8 Å². The van der Waals surface area contributed by atoms with Crippen LogP contribution in [0.4, 0.5) is 5.95 Å². The standard InChI is InChI=1S/C16H30N4O/c1-14-13-20(16(18-14)17-8-4-12-21-3)11-7-15-5-9-19(2)10-6-15/h13,15H,4-12H2,1-3H3,(H,17,18). The summed E-state index contributed by atoms with van der Waals surface area (Å²) in [6.45, 7) is 7.33. The van der Waals surface area contributed by atoms with Crippen LogP contribution in [0.2, 0.25) is 0 Å². The fraction of sp³-hybridized carbons (Fsp3) is 0.812. The molecule has 1 saturated heterocycles. The first-order valence-corrected chi connectivity index (χ1v) is 8.14. The zero-order chi connectivity index (χ0) is 15.1. The van der Waals surface area contributed by atoms with Gasteiger partial charge in [-0.3, -0.25) is 0 Å². The van der Waals surface area contributed by atoms with E-state index in [2.05, 4.69) is 39.9 Å². The van der Waals surface area contributed by atoms with Crippen LogP contribution in [0.3, 0.4) is 0 Å². The van der Waals surface area contributed by atoms with Gasteiger partial charge in [-0.05, 0) is 58.7 Å². The quantitative estimate of drug-likeness (QED) is 0.748. The van der Waals surface area contributed by atoms with Gasteiger partial charge in [-0.25, -0.2) is 4.98 Å². The highest BCUT2D eigenvalue weighted by atomic mass is 16.5. The number of likely N-dealkylation sites (tertiary alicyclic amines) is 1. The van der Waals surface area contributed by atoms with Gasteiger partial charge in [-0.2, -0.15) is 0 Å². The van der Waals surface area contributed by atoms with Crippen LogP contribution in [-0.4, -0.2) is 54.8 Å². The number of rotatable bonds is 8. The maximum Gasteiger partial charge on any atom is 0.203 e. The first kappa shape index (κ1) is 16.3. The van der Waals surface area contributed by atoms with E-state index in [1.807, 2.05) is 0 Å². The van der Waals surface area contributed by atoms with Gasteiger partial charge in [0.2, 0.25) is 5.95 Å². The fourth-order valence-corrected chi connectivity index (χ4v) is 2.95. The molecular formula is C16H30N4O. The molecule has 2 rings (SSSR count). The van der Waals surface area contributed by atoms with Gasteiger partial charge in [0.05, 0.1) is 5.69 Å². The average molecular weight is 294 g/mol. The van der Waals surface area contributed by atoms with Gasteiger partial charge >= 0.3 is 0 Å². The molecule has 0 radical (unpaired) electrons. The van der Waals surface area contributed by atoms with Crippen molar-refractivity contribution >= 4 is 5.95 Å². The fourth-order valence-electron chi connectivity index (χ4n) is 2.95. The molecule has 0 saturated carbocycles. The van der Waals surface area contributed by atoms with Crippen LogP contribution in [0.25, 0.3) is 0 Å². The number of ether oxygens (including phenoxy) is 1. The number of imidazole rings is 1. The van der Waals surface area contributed by atoms with Crippen LogP contribution in [0.15, 0.2) is 6.20 Å². The molecule has 5 nitrogen and oxygen atoms in total. The minimum atomic E-state index is 0.794. The molecule has 1 N–H and O–H groups in total. The van der Waals surface area contributed by atoms with E-state index in [0.717, 1.165) is 43.7 Å². The highest BCUT2D eigenvalue weighted by Crippen LogP contribution is 2.21. The molecule has 0 aliphatic carbocycles. The molecule has 1 aliphatic heterocycles. The summed E-state index contributed by atoms with van der Waals surface area (Å²) in [7, 11) is 3.96. The zero-order valence-electron chi connectivity index (χ0n) is 13.8. The minimum Gasteiger partial charge on any atom is -0.385 e. The lowest BCUT2D eigenvalue weighted by Gasteiger charge is -2.29. The summed E-state index contributed by atoms with van der Waals surface area (Å²) in [5, 5.41) is 3.43. The van der Waals surface area contributed by atoms with Crippen molar-refractivity contribution in [3.05, 3.63) is 11.9 Å². The Morgan fingerprint density at radius 1 is 1.38 bits per heavy atom. The van der Waals surface area contributed by atoms with Crippen molar-refractivity contribution in [1.29, 1.82) is 0 Å². The van der Waals surface area contributed by atoms with E-state index in [4.69, 9.17) is 4.74 Å². The number of aromatic nitrogens is 2. The maximum atomic E-state index is 5.08. The van der Waals surface area contributed by atoms with Crippen molar-refractivity contribution in [3.8, 4) is 0 Å². The molecule has 0 unspecified atom stereocenters. The second-order valence-corrected chi connectivity index (χ2v) is 6.21. The van der Waals surface area contributed by atoms with Crippen molar-refractivity contribution < 1.29 is 4.74 Å². The predicted octanol–water partition coefficient (Wildman–Crippen LogP) is 2.37. The number of hydrogen-bond donors (Lipinski definition) is 1. The Morgan fingerprint density at radius 3 is 2.86 bits per heavy atom. The van der Waals surface area contributed by atoms with Crippen LogP contribution < -0.4 is 5.32 Å². The summed E-state index contributed by atoms with van der Waals surface area (Å²) < 4.78 is 7.36. The molecule has 2 heterocycles. The second kappa shape index (κ2) is 8.39. The third-order valence-corrected chi connectivity index (χ3v) is 4.32. The molecule has 0 atom stereocenters. The Balaban J connectivity index is 1.79. The molecule has 0 amide bonds. The maximum absolute atomic E-state index is 5.08. The van der Waals surface area contributed by atoms with Crippen molar-refractivity contribution in [1.82, 2.24) is 14.5 Å². The predicted molar refractivity (Wildman–Crippen MR) is 86.8 cm³/mol. The molecule has 21 heavy (non-hydrogen) atoms. The van der Waals surface area contributed by atoms with E-state index < -0.39 is 0 Å². The van der Waals surface area contributed by atoms with Crippen LogP contribution in [0.5, 0.6) is 0 Å². The van der Waals surface area contributed by atoms with Gasteiger partial charge in [-0.1, -0.05) is 0 Å². The molecule has 1 aliphatic rings. The number of aryl methyl sites for hydroxylation is 2. The highest BCUT2D eigenvalue weighted by molar-refractivity contribution is 5.28. The third kappa shape index (κ3) is 5.32. The number of nitrogens with zero attached hydrogens (tertiary/aromatic N) is 3. The van der Waals surface area contributed by atoms with Crippen molar-refractivity contribution in [2.75, 3.05) is 45.7 Å². The van der Waals surface area contributed by atoms with E-state index in [-0.39, 0.29) is 0 Å². The van der Waals surface area contributed by atoms with Crippen LogP contribution >= 0.6 is 0 Å². The SMILES string of the molecule is COCCCNc1nc(C)cn1CCC1CCN(C)CC1. The van der Waals surface area contributed by atoms with Gasteiger partial charge in [0.1, 0.15) is 0 Å². The number of piperidine rings is 1. The molecule has 1 fully saturated rings. The lowest BCUT2D eigenvalue weighted by molar-refractivity contribution is 0.197.